The lowest BCUT2D eigenvalue weighted by Gasteiger charge is -2.14. The quantitative estimate of drug-likeness (QED) is 0.774. The van der Waals surface area contributed by atoms with Crippen LogP contribution in [-0.2, 0) is 0 Å². The number of aromatic nitrogens is 2. The number of rotatable bonds is 4. The van der Waals surface area contributed by atoms with Gasteiger partial charge in [-0.2, -0.15) is 0 Å². The van der Waals surface area contributed by atoms with Gasteiger partial charge in [0.25, 0.3) is 0 Å². The zero-order chi connectivity index (χ0) is 15.5. The fourth-order valence-electron chi connectivity index (χ4n) is 2.43. The van der Waals surface area contributed by atoms with Gasteiger partial charge in [0.1, 0.15) is 5.82 Å². The molecule has 0 aliphatic rings. The Balaban J connectivity index is 1.75. The van der Waals surface area contributed by atoms with Gasteiger partial charge in [-0.05, 0) is 36.2 Å². The molecule has 1 atom stereocenters. The molecule has 0 bridgehead atoms. The number of nitrogens with zero attached hydrogens (tertiary/aromatic N) is 2. The molecule has 4 nitrogen and oxygen atoms in total. The summed E-state index contributed by atoms with van der Waals surface area (Å²) in [6.45, 7) is 4.20. The van der Waals surface area contributed by atoms with Crippen molar-refractivity contribution in [2.45, 2.75) is 20.0 Å². The molecule has 0 spiro atoms. The Morgan fingerprint density at radius 2 is 1.86 bits per heavy atom. The highest BCUT2D eigenvalue weighted by molar-refractivity contribution is 5.83. The summed E-state index contributed by atoms with van der Waals surface area (Å²) in [5.74, 6) is 0.722. The van der Waals surface area contributed by atoms with E-state index in [1.165, 1.54) is 5.39 Å². The second-order valence-corrected chi connectivity index (χ2v) is 5.45. The molecule has 0 fully saturated rings. The second kappa shape index (κ2) is 6.12. The largest absolute Gasteiger partial charge is 0.387 e. The number of aryl methyl sites for hydroxylation is 2. The lowest BCUT2D eigenvalue weighted by molar-refractivity contribution is 0.191. The third-order valence-corrected chi connectivity index (χ3v) is 3.70. The van der Waals surface area contributed by atoms with Crippen LogP contribution in [0.25, 0.3) is 10.8 Å². The number of hydrogen-bond donors (Lipinski definition) is 2. The SMILES string of the molecule is Cc1cnc(C)c(NCC(O)c2ccc3ccccc3c2)n1. The van der Waals surface area contributed by atoms with Crippen molar-refractivity contribution < 1.29 is 5.11 Å². The molecule has 1 heterocycles. The summed E-state index contributed by atoms with van der Waals surface area (Å²) in [6, 6.07) is 14.2. The van der Waals surface area contributed by atoms with Crippen LogP contribution in [0.15, 0.2) is 48.7 Å². The van der Waals surface area contributed by atoms with Gasteiger partial charge < -0.3 is 10.4 Å². The highest BCUT2D eigenvalue weighted by Crippen LogP contribution is 2.21. The summed E-state index contributed by atoms with van der Waals surface area (Å²) in [6.07, 6.45) is 1.15. The molecule has 1 unspecified atom stereocenters. The molecule has 2 aromatic carbocycles. The molecule has 0 radical (unpaired) electrons. The second-order valence-electron chi connectivity index (χ2n) is 5.45. The van der Waals surface area contributed by atoms with E-state index in [0.717, 1.165) is 28.2 Å². The Hall–Kier alpha value is -2.46. The van der Waals surface area contributed by atoms with Gasteiger partial charge in [-0.1, -0.05) is 36.4 Å². The first-order chi connectivity index (χ1) is 10.6. The highest BCUT2D eigenvalue weighted by Gasteiger charge is 2.10. The molecular weight excluding hydrogens is 274 g/mol. The molecule has 0 aliphatic heterocycles. The van der Waals surface area contributed by atoms with E-state index in [9.17, 15) is 5.11 Å². The third-order valence-electron chi connectivity index (χ3n) is 3.70. The van der Waals surface area contributed by atoms with Crippen LogP contribution in [0.1, 0.15) is 23.1 Å². The monoisotopic (exact) mass is 293 g/mol. The van der Waals surface area contributed by atoms with Gasteiger partial charge in [0.05, 0.1) is 17.5 Å². The molecule has 0 saturated carbocycles. The van der Waals surface area contributed by atoms with E-state index in [1.54, 1.807) is 6.20 Å². The zero-order valence-corrected chi connectivity index (χ0v) is 12.7. The normalized spacial score (nSPS) is 12.3. The van der Waals surface area contributed by atoms with E-state index in [0.29, 0.717) is 6.54 Å². The fourth-order valence-corrected chi connectivity index (χ4v) is 2.43. The van der Waals surface area contributed by atoms with Crippen molar-refractivity contribution in [3.8, 4) is 0 Å². The Kier molecular flexibility index (Phi) is 4.02. The third kappa shape index (κ3) is 3.07. The van der Waals surface area contributed by atoms with Gasteiger partial charge in [0, 0.05) is 12.7 Å². The number of aliphatic hydroxyl groups is 1. The van der Waals surface area contributed by atoms with Gasteiger partial charge in [0.15, 0.2) is 0 Å². The average Bonchev–Trinajstić information content (AvgIpc) is 2.55. The first-order valence-corrected chi connectivity index (χ1v) is 7.34. The van der Waals surface area contributed by atoms with E-state index in [2.05, 4.69) is 27.4 Å². The van der Waals surface area contributed by atoms with Crippen LogP contribution in [0.4, 0.5) is 5.82 Å². The van der Waals surface area contributed by atoms with Crippen LogP contribution >= 0.6 is 0 Å². The molecule has 112 valence electrons. The minimum Gasteiger partial charge on any atom is -0.387 e. The summed E-state index contributed by atoms with van der Waals surface area (Å²) in [5.41, 5.74) is 2.58. The minimum absolute atomic E-state index is 0.400. The van der Waals surface area contributed by atoms with Crippen LogP contribution in [0.3, 0.4) is 0 Å². The standard InChI is InChI=1S/C18H19N3O/c1-12-10-19-13(2)18(21-12)20-11-17(22)16-8-7-14-5-3-4-6-15(14)9-16/h3-10,17,22H,11H2,1-2H3,(H,20,21). The maximum absolute atomic E-state index is 10.4. The van der Waals surface area contributed by atoms with Crippen LogP contribution in [-0.4, -0.2) is 21.6 Å². The molecule has 4 heteroatoms. The van der Waals surface area contributed by atoms with Crippen molar-refractivity contribution in [1.29, 1.82) is 0 Å². The van der Waals surface area contributed by atoms with Crippen molar-refractivity contribution in [1.82, 2.24) is 9.97 Å². The van der Waals surface area contributed by atoms with Crippen LogP contribution in [0, 0.1) is 13.8 Å². The molecule has 0 saturated heterocycles. The minimum atomic E-state index is -0.591. The summed E-state index contributed by atoms with van der Waals surface area (Å²) in [4.78, 5) is 8.67. The highest BCUT2D eigenvalue weighted by atomic mass is 16.3. The number of hydrogen-bond acceptors (Lipinski definition) is 4. The van der Waals surface area contributed by atoms with E-state index >= 15 is 0 Å². The predicted molar refractivity (Wildman–Crippen MR) is 88.9 cm³/mol. The number of fused-ring (bicyclic) bond motifs is 1. The van der Waals surface area contributed by atoms with Gasteiger partial charge >= 0.3 is 0 Å². The maximum Gasteiger partial charge on any atom is 0.147 e. The Bertz CT molecular complexity index is 801. The van der Waals surface area contributed by atoms with Gasteiger partial charge in [-0.3, -0.25) is 4.98 Å². The smallest absolute Gasteiger partial charge is 0.147 e. The van der Waals surface area contributed by atoms with Crippen molar-refractivity contribution in [2.24, 2.45) is 0 Å². The number of anilines is 1. The van der Waals surface area contributed by atoms with E-state index in [4.69, 9.17) is 0 Å². The number of nitrogens with one attached hydrogen (secondary N) is 1. The van der Waals surface area contributed by atoms with E-state index in [1.807, 2.05) is 44.2 Å². The van der Waals surface area contributed by atoms with Crippen LogP contribution < -0.4 is 5.32 Å². The van der Waals surface area contributed by atoms with E-state index in [-0.39, 0.29) is 0 Å². The van der Waals surface area contributed by atoms with Crippen molar-refractivity contribution in [3.63, 3.8) is 0 Å². The Morgan fingerprint density at radius 1 is 1.09 bits per heavy atom. The summed E-state index contributed by atoms with van der Waals surface area (Å²) in [5, 5.41) is 15.9. The van der Waals surface area contributed by atoms with E-state index < -0.39 is 6.10 Å². The zero-order valence-electron chi connectivity index (χ0n) is 12.7. The van der Waals surface area contributed by atoms with Gasteiger partial charge in [-0.15, -0.1) is 0 Å². The molecule has 1 aromatic heterocycles. The predicted octanol–water partition coefficient (Wildman–Crippen LogP) is 3.39. The molecular formula is C18H19N3O. The molecule has 22 heavy (non-hydrogen) atoms. The van der Waals surface area contributed by atoms with Crippen molar-refractivity contribution in [2.75, 3.05) is 11.9 Å². The topological polar surface area (TPSA) is 58.0 Å². The lowest BCUT2D eigenvalue weighted by Crippen LogP contribution is -2.14. The number of aliphatic hydroxyl groups excluding tert-OH is 1. The van der Waals surface area contributed by atoms with Crippen molar-refractivity contribution >= 4 is 16.6 Å². The van der Waals surface area contributed by atoms with Gasteiger partial charge in [0.2, 0.25) is 0 Å². The molecule has 3 aromatic rings. The molecule has 0 amide bonds. The maximum atomic E-state index is 10.4. The Morgan fingerprint density at radius 3 is 2.68 bits per heavy atom. The van der Waals surface area contributed by atoms with Gasteiger partial charge in [-0.25, -0.2) is 4.98 Å². The Labute approximate surface area is 129 Å². The summed E-state index contributed by atoms with van der Waals surface area (Å²) < 4.78 is 0. The molecule has 2 N–H and O–H groups in total. The molecule has 0 aliphatic carbocycles. The average molecular weight is 293 g/mol. The summed E-state index contributed by atoms with van der Waals surface area (Å²) in [7, 11) is 0. The first kappa shape index (κ1) is 14.5. The first-order valence-electron chi connectivity index (χ1n) is 7.34. The van der Waals surface area contributed by atoms with Crippen molar-refractivity contribution in [3.05, 3.63) is 65.6 Å². The fraction of sp³-hybridized carbons (Fsp3) is 0.222. The molecule has 3 rings (SSSR count). The van der Waals surface area contributed by atoms with Crippen LogP contribution in [0.2, 0.25) is 0 Å². The summed E-state index contributed by atoms with van der Waals surface area (Å²) >= 11 is 0. The van der Waals surface area contributed by atoms with Crippen LogP contribution in [0.5, 0.6) is 0 Å². The number of benzene rings is 2. The lowest BCUT2D eigenvalue weighted by atomic mass is 10.0.